The smallest absolute Gasteiger partial charge is 0.378 e. The maximum atomic E-state index is 13.6. The van der Waals surface area contributed by atoms with Crippen molar-refractivity contribution in [2.24, 2.45) is 5.92 Å². The summed E-state index contributed by atoms with van der Waals surface area (Å²) in [6, 6.07) is 14.1. The molecule has 1 unspecified atom stereocenters. The van der Waals surface area contributed by atoms with E-state index in [9.17, 15) is 18.0 Å². The van der Waals surface area contributed by atoms with E-state index in [1.165, 1.54) is 4.68 Å². The van der Waals surface area contributed by atoms with Crippen LogP contribution in [0.15, 0.2) is 54.7 Å². The van der Waals surface area contributed by atoms with E-state index < -0.39 is 11.9 Å². The van der Waals surface area contributed by atoms with Crippen LogP contribution in [-0.4, -0.2) is 57.3 Å². The molecule has 0 bridgehead atoms. The molecule has 0 aliphatic carbocycles. The van der Waals surface area contributed by atoms with Crippen molar-refractivity contribution in [1.82, 2.24) is 24.1 Å². The molecule has 0 saturated carbocycles. The number of rotatable bonds is 6. The van der Waals surface area contributed by atoms with Gasteiger partial charge in [0.1, 0.15) is 11.5 Å². The van der Waals surface area contributed by atoms with E-state index in [4.69, 9.17) is 4.98 Å². The number of fused-ring (bicyclic) bond motifs is 1. The first-order valence-corrected chi connectivity index (χ1v) is 13.5. The van der Waals surface area contributed by atoms with Crippen LogP contribution in [0.3, 0.4) is 0 Å². The number of anilines is 2. The third-order valence-electron chi connectivity index (χ3n) is 7.14. The molecule has 212 valence electrons. The summed E-state index contributed by atoms with van der Waals surface area (Å²) >= 11 is 0. The van der Waals surface area contributed by atoms with Gasteiger partial charge < -0.3 is 19.5 Å². The number of carbonyl (C=O) groups excluding carboxylic acids is 1. The molecule has 1 aliphatic heterocycles. The molecular formula is C29H34F3N7O. The summed E-state index contributed by atoms with van der Waals surface area (Å²) in [5.74, 6) is 0.740. The molecule has 4 heterocycles. The van der Waals surface area contributed by atoms with Crippen molar-refractivity contribution in [2.45, 2.75) is 45.3 Å². The van der Waals surface area contributed by atoms with Crippen LogP contribution < -0.4 is 10.2 Å². The molecule has 3 aromatic heterocycles. The second-order valence-corrected chi connectivity index (χ2v) is 10.9. The van der Waals surface area contributed by atoms with E-state index >= 15 is 0 Å². The minimum absolute atomic E-state index is 0.0807. The fourth-order valence-corrected chi connectivity index (χ4v) is 5.19. The zero-order valence-corrected chi connectivity index (χ0v) is 23.1. The average Bonchev–Trinajstić information content (AvgIpc) is 3.50. The van der Waals surface area contributed by atoms with Gasteiger partial charge in [0.05, 0.1) is 11.2 Å². The Balaban J connectivity index is 1.44. The number of pyridine rings is 1. The molecule has 1 aromatic carbocycles. The first-order chi connectivity index (χ1) is 19.0. The lowest BCUT2D eigenvalue weighted by molar-refractivity contribution is -0.141. The monoisotopic (exact) mass is 553 g/mol. The molecule has 2 amide bonds. The predicted molar refractivity (Wildman–Crippen MR) is 150 cm³/mol. The number of hydrogen-bond donors (Lipinski definition) is 1. The molecule has 8 nitrogen and oxygen atoms in total. The van der Waals surface area contributed by atoms with Crippen molar-refractivity contribution in [3.63, 3.8) is 0 Å². The number of nitrogens with zero attached hydrogens (tertiary/aromatic N) is 6. The zero-order valence-electron chi connectivity index (χ0n) is 23.1. The van der Waals surface area contributed by atoms with Crippen LogP contribution in [0.25, 0.3) is 16.9 Å². The summed E-state index contributed by atoms with van der Waals surface area (Å²) < 4.78 is 44.2. The van der Waals surface area contributed by atoms with Crippen LogP contribution in [-0.2, 0) is 12.7 Å². The van der Waals surface area contributed by atoms with Crippen molar-refractivity contribution in [2.75, 3.05) is 37.4 Å². The zero-order chi connectivity index (χ0) is 28.6. The Labute approximate surface area is 231 Å². The SMILES string of the molecule is CC(C)Cn1nc(C(F)(F)F)cc1-c1nc(C2CCCN(C(=O)Nc3ccc(N(C)C)cc3)C2)n2ccccc12. The van der Waals surface area contributed by atoms with Crippen molar-refractivity contribution in [3.05, 3.63) is 66.2 Å². The quantitative estimate of drug-likeness (QED) is 0.302. The van der Waals surface area contributed by atoms with Crippen LogP contribution in [0, 0.1) is 5.92 Å². The summed E-state index contributed by atoms with van der Waals surface area (Å²) in [5.41, 5.74) is 2.32. The Bertz CT molecular complexity index is 1490. The molecule has 1 saturated heterocycles. The highest BCUT2D eigenvalue weighted by Crippen LogP contribution is 2.36. The van der Waals surface area contributed by atoms with Gasteiger partial charge in [-0.15, -0.1) is 0 Å². The third kappa shape index (κ3) is 5.64. The number of amides is 2. The normalized spacial score (nSPS) is 16.1. The van der Waals surface area contributed by atoms with Gasteiger partial charge in [0.2, 0.25) is 0 Å². The highest BCUT2D eigenvalue weighted by molar-refractivity contribution is 5.89. The highest BCUT2D eigenvalue weighted by Gasteiger charge is 2.36. The summed E-state index contributed by atoms with van der Waals surface area (Å²) in [7, 11) is 3.92. The number of nitrogens with one attached hydrogen (secondary N) is 1. The van der Waals surface area contributed by atoms with Crippen LogP contribution in [0.2, 0.25) is 0 Å². The molecule has 1 fully saturated rings. The van der Waals surface area contributed by atoms with E-state index in [0.29, 0.717) is 42.2 Å². The van der Waals surface area contributed by atoms with Gasteiger partial charge >= 0.3 is 12.2 Å². The maximum Gasteiger partial charge on any atom is 0.435 e. The number of carbonyl (C=O) groups is 1. The van der Waals surface area contributed by atoms with Crippen molar-refractivity contribution < 1.29 is 18.0 Å². The van der Waals surface area contributed by atoms with Crippen LogP contribution >= 0.6 is 0 Å². The van der Waals surface area contributed by atoms with Gasteiger partial charge in [-0.25, -0.2) is 9.78 Å². The number of aromatic nitrogens is 4. The van der Waals surface area contributed by atoms with E-state index in [1.807, 2.05) is 85.9 Å². The topological polar surface area (TPSA) is 70.7 Å². The molecular weight excluding hydrogens is 519 g/mol. The molecule has 1 N–H and O–H groups in total. The van der Waals surface area contributed by atoms with Crippen LogP contribution in [0.4, 0.5) is 29.3 Å². The number of likely N-dealkylation sites (tertiary alicyclic amines) is 1. The molecule has 0 radical (unpaired) electrons. The molecule has 1 aliphatic rings. The number of imidazole rings is 1. The third-order valence-corrected chi connectivity index (χ3v) is 7.14. The van der Waals surface area contributed by atoms with Gasteiger partial charge in [-0.05, 0) is 61.2 Å². The van der Waals surface area contributed by atoms with E-state index in [-0.39, 0.29) is 17.9 Å². The van der Waals surface area contributed by atoms with Crippen LogP contribution in [0.1, 0.15) is 44.1 Å². The Morgan fingerprint density at radius 1 is 1.15 bits per heavy atom. The van der Waals surface area contributed by atoms with Gasteiger partial charge in [0.15, 0.2) is 5.69 Å². The lowest BCUT2D eigenvalue weighted by Gasteiger charge is -2.32. The van der Waals surface area contributed by atoms with Gasteiger partial charge in [0.25, 0.3) is 0 Å². The standard InChI is InChI=1S/C29H34F3N7O/c1-19(2)17-39-24(16-25(35-39)29(30,31)32)26-23-9-5-6-15-38(23)27(34-26)20-8-7-14-37(18-20)28(40)33-21-10-12-22(13-11-21)36(3)4/h5-6,9-13,15-16,19-20H,7-8,14,17-18H2,1-4H3,(H,33,40). The van der Waals surface area contributed by atoms with Gasteiger partial charge in [-0.1, -0.05) is 19.9 Å². The number of hydrogen-bond acceptors (Lipinski definition) is 4. The van der Waals surface area contributed by atoms with E-state index in [0.717, 1.165) is 30.4 Å². The Hall–Kier alpha value is -4.02. The minimum Gasteiger partial charge on any atom is -0.378 e. The number of benzene rings is 1. The summed E-state index contributed by atoms with van der Waals surface area (Å²) in [6.07, 6.45) is -1.08. The van der Waals surface area contributed by atoms with E-state index in [2.05, 4.69) is 10.4 Å². The molecule has 1 atom stereocenters. The summed E-state index contributed by atoms with van der Waals surface area (Å²) in [6.45, 7) is 5.28. The fourth-order valence-electron chi connectivity index (χ4n) is 5.19. The Kier molecular flexibility index (Phi) is 7.48. The van der Waals surface area contributed by atoms with Gasteiger partial charge in [0, 0.05) is 57.2 Å². The molecule has 0 spiro atoms. The molecule has 11 heteroatoms. The summed E-state index contributed by atoms with van der Waals surface area (Å²) in [5, 5.41) is 6.88. The fraction of sp³-hybridized carbons (Fsp3) is 0.414. The first-order valence-electron chi connectivity index (χ1n) is 13.5. The van der Waals surface area contributed by atoms with Crippen molar-refractivity contribution in [1.29, 1.82) is 0 Å². The average molecular weight is 554 g/mol. The predicted octanol–water partition coefficient (Wildman–Crippen LogP) is 6.35. The second-order valence-electron chi connectivity index (χ2n) is 10.9. The largest absolute Gasteiger partial charge is 0.435 e. The Morgan fingerprint density at radius 3 is 2.58 bits per heavy atom. The maximum absolute atomic E-state index is 13.6. The molecule has 40 heavy (non-hydrogen) atoms. The van der Waals surface area contributed by atoms with Gasteiger partial charge in [-0.2, -0.15) is 18.3 Å². The summed E-state index contributed by atoms with van der Waals surface area (Å²) in [4.78, 5) is 21.8. The highest BCUT2D eigenvalue weighted by atomic mass is 19.4. The number of halogens is 3. The lowest BCUT2D eigenvalue weighted by Crippen LogP contribution is -2.42. The second kappa shape index (κ2) is 10.9. The number of piperidine rings is 1. The number of alkyl halides is 3. The lowest BCUT2D eigenvalue weighted by atomic mass is 9.97. The van der Waals surface area contributed by atoms with E-state index in [1.54, 1.807) is 4.90 Å². The Morgan fingerprint density at radius 2 is 1.90 bits per heavy atom. The van der Waals surface area contributed by atoms with Crippen LogP contribution in [0.5, 0.6) is 0 Å². The number of urea groups is 1. The van der Waals surface area contributed by atoms with Crippen molar-refractivity contribution in [3.8, 4) is 11.4 Å². The molecule has 5 rings (SSSR count). The van der Waals surface area contributed by atoms with Crippen molar-refractivity contribution >= 4 is 22.9 Å². The minimum atomic E-state index is -4.56. The van der Waals surface area contributed by atoms with Gasteiger partial charge in [-0.3, -0.25) is 4.68 Å². The molecule has 4 aromatic rings. The first kappa shape index (κ1) is 27.5.